The Kier molecular flexibility index (Phi) is 7.09. The molecule has 4 rings (SSSR count). The smallest absolute Gasteiger partial charge is 0.411 e. The Hall–Kier alpha value is -3.59. The van der Waals surface area contributed by atoms with E-state index in [0.717, 1.165) is 42.1 Å². The summed E-state index contributed by atoms with van der Waals surface area (Å²) < 4.78 is 12.7. The van der Waals surface area contributed by atoms with Gasteiger partial charge in [-0.3, -0.25) is 10.00 Å². The number of aryl methyl sites for hydroxylation is 1. The molecular weight excluding hydrogens is 420 g/mol. The number of fused-ring (bicyclic) bond motifs is 1. The molecule has 9 nitrogen and oxygen atoms in total. The van der Waals surface area contributed by atoms with Crippen LogP contribution in [0.1, 0.15) is 43.5 Å². The van der Waals surface area contributed by atoms with Crippen molar-refractivity contribution in [3.8, 4) is 5.75 Å². The summed E-state index contributed by atoms with van der Waals surface area (Å²) in [5, 5.41) is 10.5. The summed E-state index contributed by atoms with van der Waals surface area (Å²) in [5.74, 6) is 0.827. The zero-order valence-corrected chi connectivity index (χ0v) is 19.0. The summed E-state index contributed by atoms with van der Waals surface area (Å²) in [5.41, 5.74) is 10.7. The lowest BCUT2D eigenvalue weighted by Gasteiger charge is -2.28. The molecule has 2 unspecified atom stereocenters. The molecule has 2 aromatic carbocycles. The standard InChI is InChI=1S/C24H30N6O3/c1-3-30-21-16-19(33-15-5-13-29-14-12-26-28-29)10-11-20(21)22(25)23(30)17-6-8-18(9-7-17)27-24(31)32-4-2/h6-12,14,16,22-23H,3-5,13,15,25H2,1-2H3,(H,27,31). The Morgan fingerprint density at radius 1 is 1.18 bits per heavy atom. The Balaban J connectivity index is 1.43. The number of carbonyl (C=O) groups excluding carboxylic acids is 1. The maximum atomic E-state index is 11.7. The maximum absolute atomic E-state index is 11.7. The number of benzene rings is 2. The summed E-state index contributed by atoms with van der Waals surface area (Å²) in [6.07, 6.45) is 3.89. The van der Waals surface area contributed by atoms with Gasteiger partial charge in [0.15, 0.2) is 0 Å². The summed E-state index contributed by atoms with van der Waals surface area (Å²) in [6.45, 7) is 6.39. The van der Waals surface area contributed by atoms with Crippen molar-refractivity contribution in [2.75, 3.05) is 30.0 Å². The first-order chi connectivity index (χ1) is 16.1. The quantitative estimate of drug-likeness (QED) is 0.476. The van der Waals surface area contributed by atoms with E-state index >= 15 is 0 Å². The number of nitrogens with zero attached hydrogens (tertiary/aromatic N) is 4. The molecule has 174 valence electrons. The molecular formula is C24H30N6O3. The van der Waals surface area contributed by atoms with Gasteiger partial charge in [-0.1, -0.05) is 23.4 Å². The zero-order valence-electron chi connectivity index (χ0n) is 19.0. The Bertz CT molecular complexity index is 1050. The van der Waals surface area contributed by atoms with Crippen molar-refractivity contribution in [3.05, 3.63) is 66.0 Å². The lowest BCUT2D eigenvalue weighted by atomic mass is 9.97. The van der Waals surface area contributed by atoms with Gasteiger partial charge in [-0.2, -0.15) is 0 Å². The fourth-order valence-corrected chi connectivity index (χ4v) is 4.23. The first kappa shape index (κ1) is 22.6. The number of carbonyl (C=O) groups is 1. The van der Waals surface area contributed by atoms with Gasteiger partial charge in [0.05, 0.1) is 31.5 Å². The highest BCUT2D eigenvalue weighted by Crippen LogP contribution is 2.47. The first-order valence-electron chi connectivity index (χ1n) is 11.3. The molecule has 0 bridgehead atoms. The number of hydrogen-bond acceptors (Lipinski definition) is 7. The number of hydrogen-bond donors (Lipinski definition) is 2. The third kappa shape index (κ3) is 5.09. The second-order valence-corrected chi connectivity index (χ2v) is 7.81. The van der Waals surface area contributed by atoms with Gasteiger partial charge < -0.3 is 20.1 Å². The van der Waals surface area contributed by atoms with Gasteiger partial charge in [0, 0.05) is 43.1 Å². The van der Waals surface area contributed by atoms with Crippen LogP contribution in [0.3, 0.4) is 0 Å². The highest BCUT2D eigenvalue weighted by Gasteiger charge is 2.36. The fraction of sp³-hybridized carbons (Fsp3) is 0.375. The van der Waals surface area contributed by atoms with Crippen molar-refractivity contribution >= 4 is 17.5 Å². The van der Waals surface area contributed by atoms with Gasteiger partial charge in [-0.15, -0.1) is 5.10 Å². The van der Waals surface area contributed by atoms with Gasteiger partial charge in [0.25, 0.3) is 0 Å². The number of nitrogens with two attached hydrogens (primary N) is 1. The molecule has 0 radical (unpaired) electrons. The predicted molar refractivity (Wildman–Crippen MR) is 126 cm³/mol. The molecule has 0 saturated heterocycles. The normalized spacial score (nSPS) is 17.0. The Morgan fingerprint density at radius 2 is 2.00 bits per heavy atom. The van der Waals surface area contributed by atoms with Crippen molar-refractivity contribution in [2.45, 2.75) is 38.9 Å². The molecule has 1 aromatic heterocycles. The van der Waals surface area contributed by atoms with E-state index in [1.54, 1.807) is 17.8 Å². The molecule has 0 fully saturated rings. The van der Waals surface area contributed by atoms with Crippen LogP contribution in [0.2, 0.25) is 0 Å². The fourth-order valence-electron chi connectivity index (χ4n) is 4.23. The van der Waals surface area contributed by atoms with Crippen molar-refractivity contribution in [1.82, 2.24) is 15.0 Å². The SMILES string of the molecule is CCOC(=O)Nc1ccc(C2C(N)c3ccc(OCCCn4ccnn4)cc3N2CC)cc1. The number of aromatic nitrogens is 3. The number of likely N-dealkylation sites (N-methyl/N-ethyl adjacent to an activating group) is 1. The Labute approximate surface area is 193 Å². The average molecular weight is 451 g/mol. The van der Waals surface area contributed by atoms with E-state index < -0.39 is 6.09 Å². The van der Waals surface area contributed by atoms with Crippen LogP contribution in [0.25, 0.3) is 0 Å². The highest BCUT2D eigenvalue weighted by atomic mass is 16.5. The van der Waals surface area contributed by atoms with Crippen molar-refractivity contribution in [2.24, 2.45) is 5.73 Å². The molecule has 3 N–H and O–H groups in total. The molecule has 1 aliphatic rings. The molecule has 33 heavy (non-hydrogen) atoms. The minimum atomic E-state index is -0.459. The summed E-state index contributed by atoms with van der Waals surface area (Å²) in [7, 11) is 0. The number of rotatable bonds is 9. The number of amides is 1. The van der Waals surface area contributed by atoms with Crippen LogP contribution < -0.4 is 20.7 Å². The van der Waals surface area contributed by atoms with E-state index in [-0.39, 0.29) is 12.1 Å². The van der Waals surface area contributed by atoms with E-state index in [9.17, 15) is 4.79 Å². The molecule has 2 heterocycles. The van der Waals surface area contributed by atoms with Gasteiger partial charge in [0.2, 0.25) is 0 Å². The van der Waals surface area contributed by atoms with Gasteiger partial charge in [-0.05, 0) is 43.2 Å². The van der Waals surface area contributed by atoms with Crippen LogP contribution in [-0.2, 0) is 11.3 Å². The maximum Gasteiger partial charge on any atom is 0.411 e. The van der Waals surface area contributed by atoms with E-state index in [1.165, 1.54) is 0 Å². The van der Waals surface area contributed by atoms with E-state index in [1.807, 2.05) is 36.5 Å². The van der Waals surface area contributed by atoms with Crippen molar-refractivity contribution < 1.29 is 14.3 Å². The monoisotopic (exact) mass is 450 g/mol. The minimum absolute atomic E-state index is 0.00390. The molecule has 0 spiro atoms. The lowest BCUT2D eigenvalue weighted by Crippen LogP contribution is -2.29. The molecule has 0 saturated carbocycles. The topological polar surface area (TPSA) is 108 Å². The third-order valence-electron chi connectivity index (χ3n) is 5.73. The highest BCUT2D eigenvalue weighted by molar-refractivity contribution is 5.84. The second-order valence-electron chi connectivity index (χ2n) is 7.81. The van der Waals surface area contributed by atoms with Crippen LogP contribution in [-0.4, -0.2) is 40.8 Å². The van der Waals surface area contributed by atoms with Crippen LogP contribution in [0.5, 0.6) is 5.75 Å². The van der Waals surface area contributed by atoms with Crippen molar-refractivity contribution in [3.63, 3.8) is 0 Å². The van der Waals surface area contributed by atoms with Gasteiger partial charge >= 0.3 is 6.09 Å². The molecule has 1 aliphatic heterocycles. The largest absolute Gasteiger partial charge is 0.493 e. The van der Waals surface area contributed by atoms with Gasteiger partial charge in [-0.25, -0.2) is 4.79 Å². The molecule has 3 aromatic rings. The average Bonchev–Trinajstić information content (AvgIpc) is 3.43. The summed E-state index contributed by atoms with van der Waals surface area (Å²) in [4.78, 5) is 14.0. The molecule has 0 aliphatic carbocycles. The van der Waals surface area contributed by atoms with E-state index in [0.29, 0.717) is 18.9 Å². The molecule has 2 atom stereocenters. The van der Waals surface area contributed by atoms with Crippen molar-refractivity contribution in [1.29, 1.82) is 0 Å². The number of anilines is 2. The van der Waals surface area contributed by atoms with Crippen LogP contribution >= 0.6 is 0 Å². The zero-order chi connectivity index (χ0) is 23.2. The van der Waals surface area contributed by atoms with Crippen LogP contribution in [0.4, 0.5) is 16.2 Å². The summed E-state index contributed by atoms with van der Waals surface area (Å²) >= 11 is 0. The predicted octanol–water partition coefficient (Wildman–Crippen LogP) is 3.90. The molecule has 9 heteroatoms. The third-order valence-corrected chi connectivity index (χ3v) is 5.73. The Morgan fingerprint density at radius 3 is 2.70 bits per heavy atom. The number of ether oxygens (including phenoxy) is 2. The van der Waals surface area contributed by atoms with Crippen LogP contribution in [0.15, 0.2) is 54.9 Å². The van der Waals surface area contributed by atoms with E-state index in [2.05, 4.69) is 39.6 Å². The van der Waals surface area contributed by atoms with E-state index in [4.69, 9.17) is 15.2 Å². The lowest BCUT2D eigenvalue weighted by molar-refractivity contribution is 0.168. The molecule has 1 amide bonds. The second kappa shape index (κ2) is 10.4. The van der Waals surface area contributed by atoms with Crippen LogP contribution in [0, 0.1) is 0 Å². The summed E-state index contributed by atoms with van der Waals surface area (Å²) in [6, 6.07) is 13.7. The van der Waals surface area contributed by atoms with Gasteiger partial charge in [0.1, 0.15) is 5.75 Å². The first-order valence-corrected chi connectivity index (χ1v) is 11.3. The number of nitrogens with one attached hydrogen (secondary N) is 1. The minimum Gasteiger partial charge on any atom is -0.493 e.